The summed E-state index contributed by atoms with van der Waals surface area (Å²) in [5.41, 5.74) is 8.27. The van der Waals surface area contributed by atoms with E-state index in [0.29, 0.717) is 22.0 Å². The van der Waals surface area contributed by atoms with Gasteiger partial charge in [0.15, 0.2) is 0 Å². The molecule has 2 rings (SSSR count). The molecule has 1 amide bonds. The number of nitrogen functional groups attached to an aromatic ring is 1. The van der Waals surface area contributed by atoms with Crippen molar-refractivity contribution < 1.29 is 4.79 Å². The van der Waals surface area contributed by atoms with Crippen molar-refractivity contribution in [1.29, 1.82) is 0 Å². The van der Waals surface area contributed by atoms with E-state index in [-0.39, 0.29) is 5.91 Å². The Morgan fingerprint density at radius 2 is 2.21 bits per heavy atom. The fourth-order valence-corrected chi connectivity index (χ4v) is 2.54. The zero-order valence-electron chi connectivity index (χ0n) is 10.1. The van der Waals surface area contributed by atoms with E-state index < -0.39 is 0 Å². The maximum atomic E-state index is 12.1. The predicted molar refractivity (Wildman–Crippen MR) is 80.5 cm³/mol. The molecule has 0 aliphatic carbocycles. The third-order valence-corrected chi connectivity index (χ3v) is 3.45. The summed E-state index contributed by atoms with van der Waals surface area (Å²) in [4.78, 5) is 16.0. The van der Waals surface area contributed by atoms with E-state index in [0.717, 1.165) is 10.0 Å². The number of nitrogens with two attached hydrogens (primary N) is 1. The lowest BCUT2D eigenvalue weighted by Crippen LogP contribution is -2.14. The van der Waals surface area contributed by atoms with E-state index in [4.69, 9.17) is 17.3 Å². The number of carbonyl (C=O) groups excluding carboxylic acids is 1. The number of halogens is 2. The molecule has 0 aliphatic heterocycles. The first kappa shape index (κ1) is 13.8. The minimum atomic E-state index is -0.330. The zero-order chi connectivity index (χ0) is 14.0. The molecule has 0 spiro atoms. The molecule has 1 heterocycles. The van der Waals surface area contributed by atoms with E-state index in [1.807, 2.05) is 13.0 Å². The summed E-state index contributed by atoms with van der Waals surface area (Å²) in [6.45, 7) is 1.92. The number of pyridine rings is 1. The summed E-state index contributed by atoms with van der Waals surface area (Å²) < 4.78 is 0.725. The third-order valence-electron chi connectivity index (χ3n) is 2.52. The molecule has 0 bridgehead atoms. The molecule has 0 saturated heterocycles. The molecule has 0 aliphatic rings. The molecule has 0 saturated carbocycles. The van der Waals surface area contributed by atoms with Crippen LogP contribution in [0.25, 0.3) is 0 Å². The minimum Gasteiger partial charge on any atom is -0.397 e. The summed E-state index contributed by atoms with van der Waals surface area (Å²) >= 11 is 9.30. The van der Waals surface area contributed by atoms with Gasteiger partial charge in [-0.25, -0.2) is 0 Å². The highest BCUT2D eigenvalue weighted by Gasteiger charge is 2.14. The van der Waals surface area contributed by atoms with Gasteiger partial charge < -0.3 is 11.1 Å². The molecule has 1 aromatic heterocycles. The van der Waals surface area contributed by atoms with Crippen molar-refractivity contribution in [1.82, 2.24) is 4.98 Å². The Labute approximate surface area is 124 Å². The quantitative estimate of drug-likeness (QED) is 0.820. The molecule has 6 heteroatoms. The second-order valence-electron chi connectivity index (χ2n) is 4.02. The minimum absolute atomic E-state index is 0.293. The summed E-state index contributed by atoms with van der Waals surface area (Å²) in [6.07, 6.45) is 2.93. The summed E-state index contributed by atoms with van der Waals surface area (Å²) in [7, 11) is 0. The van der Waals surface area contributed by atoms with E-state index >= 15 is 0 Å². The van der Waals surface area contributed by atoms with Crippen molar-refractivity contribution in [2.24, 2.45) is 0 Å². The second kappa shape index (κ2) is 5.59. The molecule has 3 N–H and O–H groups in total. The number of nitrogens with one attached hydrogen (secondary N) is 1. The number of rotatable bonds is 2. The standard InChI is InChI=1S/C13H11BrClN3O/c1-7-4-9(14)12(11(16)5-7)18-13(19)8-2-3-17-6-10(8)15/h2-6H,16H2,1H3,(H,18,19). The lowest BCUT2D eigenvalue weighted by atomic mass is 10.2. The highest BCUT2D eigenvalue weighted by Crippen LogP contribution is 2.31. The van der Waals surface area contributed by atoms with Crippen molar-refractivity contribution in [3.63, 3.8) is 0 Å². The van der Waals surface area contributed by atoms with Gasteiger partial charge in [0, 0.05) is 16.9 Å². The van der Waals surface area contributed by atoms with Gasteiger partial charge >= 0.3 is 0 Å². The average molecular weight is 341 g/mol. The smallest absolute Gasteiger partial charge is 0.257 e. The Bertz CT molecular complexity index is 623. The lowest BCUT2D eigenvalue weighted by molar-refractivity contribution is 0.102. The number of nitrogens with zero attached hydrogens (tertiary/aromatic N) is 1. The molecule has 98 valence electrons. The molecule has 0 unspecified atom stereocenters. The molecule has 1 aromatic carbocycles. The maximum absolute atomic E-state index is 12.1. The Hall–Kier alpha value is -1.59. The fourth-order valence-electron chi connectivity index (χ4n) is 1.64. The van der Waals surface area contributed by atoms with Crippen LogP contribution >= 0.6 is 27.5 Å². The van der Waals surface area contributed by atoms with Gasteiger partial charge in [0.1, 0.15) is 0 Å². The molecule has 4 nitrogen and oxygen atoms in total. The van der Waals surface area contributed by atoms with Crippen molar-refractivity contribution in [3.05, 3.63) is 51.2 Å². The number of hydrogen-bond acceptors (Lipinski definition) is 3. The van der Waals surface area contributed by atoms with Crippen LogP contribution in [0.4, 0.5) is 11.4 Å². The monoisotopic (exact) mass is 339 g/mol. The van der Waals surface area contributed by atoms with Crippen LogP contribution in [0.15, 0.2) is 35.1 Å². The number of carbonyl (C=O) groups is 1. The van der Waals surface area contributed by atoms with Crippen LogP contribution in [0.3, 0.4) is 0 Å². The van der Waals surface area contributed by atoms with Crippen molar-refractivity contribution >= 4 is 44.8 Å². The summed E-state index contributed by atoms with van der Waals surface area (Å²) in [6, 6.07) is 5.21. The first-order valence-electron chi connectivity index (χ1n) is 5.45. The van der Waals surface area contributed by atoms with Crippen molar-refractivity contribution in [2.75, 3.05) is 11.1 Å². The third kappa shape index (κ3) is 3.05. The highest BCUT2D eigenvalue weighted by atomic mass is 79.9. The average Bonchev–Trinajstić information content (AvgIpc) is 2.34. The maximum Gasteiger partial charge on any atom is 0.257 e. The molecule has 19 heavy (non-hydrogen) atoms. The van der Waals surface area contributed by atoms with E-state index in [2.05, 4.69) is 26.2 Å². The van der Waals surface area contributed by atoms with E-state index in [1.54, 1.807) is 12.1 Å². The molecular formula is C13H11BrClN3O. The van der Waals surface area contributed by atoms with Gasteiger partial charge in [-0.15, -0.1) is 0 Å². The van der Waals surface area contributed by atoms with Gasteiger partial charge in [-0.05, 0) is 46.6 Å². The van der Waals surface area contributed by atoms with Crippen LogP contribution in [0.2, 0.25) is 5.02 Å². The fraction of sp³-hybridized carbons (Fsp3) is 0.0769. The van der Waals surface area contributed by atoms with Crippen LogP contribution in [-0.4, -0.2) is 10.9 Å². The first-order chi connectivity index (χ1) is 8.99. The van der Waals surface area contributed by atoms with E-state index in [9.17, 15) is 4.79 Å². The molecule has 0 fully saturated rings. The predicted octanol–water partition coefficient (Wildman–Crippen LogP) is 3.64. The topological polar surface area (TPSA) is 68.0 Å². The second-order valence-corrected chi connectivity index (χ2v) is 5.28. The Morgan fingerprint density at radius 1 is 1.47 bits per heavy atom. The molecule has 0 atom stereocenters. The van der Waals surface area contributed by atoms with Gasteiger partial charge in [0.05, 0.1) is 22.0 Å². The van der Waals surface area contributed by atoms with Gasteiger partial charge in [0.25, 0.3) is 5.91 Å². The van der Waals surface area contributed by atoms with E-state index in [1.165, 1.54) is 12.4 Å². The number of aryl methyl sites for hydroxylation is 1. The van der Waals surface area contributed by atoms with Crippen molar-refractivity contribution in [2.45, 2.75) is 6.92 Å². The lowest BCUT2D eigenvalue weighted by Gasteiger charge is -2.12. The largest absolute Gasteiger partial charge is 0.397 e. The van der Waals surface area contributed by atoms with Gasteiger partial charge in [0.2, 0.25) is 0 Å². The number of amides is 1. The number of benzene rings is 1. The summed E-state index contributed by atoms with van der Waals surface area (Å²) in [5.74, 6) is -0.330. The first-order valence-corrected chi connectivity index (χ1v) is 6.62. The van der Waals surface area contributed by atoms with Crippen LogP contribution < -0.4 is 11.1 Å². The normalized spacial score (nSPS) is 10.3. The Morgan fingerprint density at radius 3 is 2.84 bits per heavy atom. The summed E-state index contributed by atoms with van der Waals surface area (Å²) in [5, 5.41) is 3.03. The molecule has 0 radical (unpaired) electrons. The highest BCUT2D eigenvalue weighted by molar-refractivity contribution is 9.10. The number of aromatic nitrogens is 1. The number of hydrogen-bond donors (Lipinski definition) is 2. The van der Waals surface area contributed by atoms with Crippen LogP contribution in [0.5, 0.6) is 0 Å². The Kier molecular flexibility index (Phi) is 4.07. The molecular weight excluding hydrogens is 330 g/mol. The van der Waals surface area contributed by atoms with Crippen molar-refractivity contribution in [3.8, 4) is 0 Å². The van der Waals surface area contributed by atoms with Crippen LogP contribution in [-0.2, 0) is 0 Å². The zero-order valence-corrected chi connectivity index (χ0v) is 12.4. The number of anilines is 2. The van der Waals surface area contributed by atoms with Gasteiger partial charge in [-0.1, -0.05) is 11.6 Å². The van der Waals surface area contributed by atoms with Gasteiger partial charge in [-0.3, -0.25) is 9.78 Å². The van der Waals surface area contributed by atoms with Crippen LogP contribution in [0, 0.1) is 6.92 Å². The Balaban J connectivity index is 2.32. The molecule has 2 aromatic rings. The van der Waals surface area contributed by atoms with Gasteiger partial charge in [-0.2, -0.15) is 0 Å². The van der Waals surface area contributed by atoms with Crippen LogP contribution in [0.1, 0.15) is 15.9 Å². The SMILES string of the molecule is Cc1cc(N)c(NC(=O)c2ccncc2Cl)c(Br)c1.